The molecule has 314 valence electrons. The molecule has 4 aromatic rings. The number of methoxy groups -OCH3 is 2. The molecule has 3 saturated heterocycles. The molecule has 5 aliphatic rings. The molecule has 0 aromatic heterocycles. The Bertz CT molecular complexity index is 2450. The van der Waals surface area contributed by atoms with E-state index in [1.807, 2.05) is 48.6 Å². The Balaban J connectivity index is 1.12. The Morgan fingerprint density at radius 1 is 0.852 bits per heavy atom. The summed E-state index contributed by atoms with van der Waals surface area (Å²) in [5, 5.41) is 12.1. The lowest BCUT2D eigenvalue weighted by Gasteiger charge is -2.49. The number of halogens is 2. The van der Waals surface area contributed by atoms with Gasteiger partial charge in [0.05, 0.1) is 48.1 Å². The largest absolute Gasteiger partial charge is 0.504 e. The molecule has 6 atom stereocenters. The lowest BCUT2D eigenvalue weighted by Crippen LogP contribution is -2.54. The Hall–Kier alpha value is -5.62. The number of benzene rings is 4. The summed E-state index contributed by atoms with van der Waals surface area (Å²) in [6.07, 6.45) is 7.67. The number of hydrazine groups is 1. The summed E-state index contributed by atoms with van der Waals surface area (Å²) in [5.74, 6) is -3.95. The van der Waals surface area contributed by atoms with Crippen molar-refractivity contribution in [3.8, 4) is 17.2 Å². The third kappa shape index (κ3) is 6.96. The highest BCUT2D eigenvalue weighted by molar-refractivity contribution is 6.36. The van der Waals surface area contributed by atoms with Crippen LogP contribution in [0.1, 0.15) is 42.4 Å². The summed E-state index contributed by atoms with van der Waals surface area (Å²) in [7, 11) is 3.03. The van der Waals surface area contributed by atoms with Gasteiger partial charge in [-0.15, -0.1) is 0 Å². The van der Waals surface area contributed by atoms with Crippen molar-refractivity contribution in [3.63, 3.8) is 0 Å². The number of amides is 4. The van der Waals surface area contributed by atoms with Crippen LogP contribution < -0.4 is 14.9 Å². The topological polar surface area (TPSA) is 129 Å². The van der Waals surface area contributed by atoms with E-state index in [1.165, 1.54) is 24.8 Å². The number of nitrogens with one attached hydrogen (secondary N) is 1. The number of ether oxygens (including phenoxy) is 2. The van der Waals surface area contributed by atoms with Crippen LogP contribution in [0.4, 0.5) is 5.69 Å². The molecule has 0 bridgehead atoms. The second-order valence-corrected chi connectivity index (χ2v) is 17.4. The van der Waals surface area contributed by atoms with E-state index in [0.717, 1.165) is 30.2 Å². The maximum Gasteiger partial charge on any atom is 0.260 e. The van der Waals surface area contributed by atoms with Gasteiger partial charge in [-0.2, -0.15) is 5.01 Å². The van der Waals surface area contributed by atoms with Gasteiger partial charge in [0.1, 0.15) is 5.75 Å². The first-order chi connectivity index (χ1) is 29.5. The van der Waals surface area contributed by atoms with Gasteiger partial charge in [0.25, 0.3) is 11.8 Å². The molecule has 0 radical (unpaired) electrons. The van der Waals surface area contributed by atoms with Crippen molar-refractivity contribution in [1.29, 1.82) is 0 Å². The zero-order chi connectivity index (χ0) is 42.6. The summed E-state index contributed by atoms with van der Waals surface area (Å²) < 4.78 is 10.9. The fraction of sp³-hybridized carbons (Fsp3) is 0.333. The van der Waals surface area contributed by atoms with Crippen molar-refractivity contribution in [3.05, 3.63) is 135 Å². The summed E-state index contributed by atoms with van der Waals surface area (Å²) in [6, 6.07) is 27.0. The SMILES string of the molecule is COc1ccc([C@@]23C(=O)N(Nc4ccc(Cl)cc4Cl)C(=O)[C@@H]2C[C@@H]2C(=CC[C@@H]4C(=O)N(C5CCN(Cc6ccccc6)CC5)C(=O)[C@@H]42)[C@@H]3C=Cc2ccc(O)c(OC)c2)cc1. The van der Waals surface area contributed by atoms with Crippen LogP contribution in [-0.2, 0) is 31.1 Å². The van der Waals surface area contributed by atoms with E-state index in [0.29, 0.717) is 46.8 Å². The highest BCUT2D eigenvalue weighted by atomic mass is 35.5. The van der Waals surface area contributed by atoms with Crippen molar-refractivity contribution < 1.29 is 33.8 Å². The number of hydrogen-bond donors (Lipinski definition) is 2. The number of anilines is 1. The Labute approximate surface area is 364 Å². The molecule has 3 aliphatic heterocycles. The van der Waals surface area contributed by atoms with E-state index >= 15 is 9.59 Å². The minimum absolute atomic E-state index is 0.0249. The van der Waals surface area contributed by atoms with Gasteiger partial charge in [0, 0.05) is 36.6 Å². The predicted molar refractivity (Wildman–Crippen MR) is 232 cm³/mol. The summed E-state index contributed by atoms with van der Waals surface area (Å²) >= 11 is 12.8. The second-order valence-electron chi connectivity index (χ2n) is 16.6. The molecule has 4 aromatic carbocycles. The van der Waals surface area contributed by atoms with Crippen LogP contribution in [-0.4, -0.2) is 76.9 Å². The van der Waals surface area contributed by atoms with Crippen LogP contribution in [0.5, 0.6) is 17.2 Å². The smallest absolute Gasteiger partial charge is 0.260 e. The molecule has 4 fully saturated rings. The molecule has 0 spiro atoms. The quantitative estimate of drug-likeness (QED) is 0.121. The number of carbonyl (C=O) groups excluding carboxylic acids is 4. The van der Waals surface area contributed by atoms with E-state index in [1.54, 1.807) is 48.4 Å². The van der Waals surface area contributed by atoms with Gasteiger partial charge in [-0.25, -0.2) is 0 Å². The number of hydrogen-bond acceptors (Lipinski definition) is 9. The number of likely N-dealkylation sites (tertiary alicyclic amines) is 2. The number of rotatable bonds is 10. The summed E-state index contributed by atoms with van der Waals surface area (Å²) in [4.78, 5) is 63.8. The number of phenols is 1. The van der Waals surface area contributed by atoms with Crippen LogP contribution in [0.25, 0.3) is 6.08 Å². The minimum Gasteiger partial charge on any atom is -0.504 e. The highest BCUT2D eigenvalue weighted by Crippen LogP contribution is 2.62. The third-order valence-corrected chi connectivity index (χ3v) is 14.1. The molecule has 13 heteroatoms. The number of phenolic OH excluding ortho intramolecular Hbond substituents is 1. The average molecular weight is 862 g/mol. The number of allylic oxidation sites excluding steroid dienone is 3. The zero-order valence-electron chi connectivity index (χ0n) is 33.8. The number of carbonyl (C=O) groups is 4. The number of imide groups is 2. The molecular weight excluding hydrogens is 815 g/mol. The van der Waals surface area contributed by atoms with Gasteiger partial charge in [0.2, 0.25) is 11.8 Å². The molecule has 2 aliphatic carbocycles. The average Bonchev–Trinajstić information content (AvgIpc) is 3.65. The van der Waals surface area contributed by atoms with E-state index in [9.17, 15) is 14.7 Å². The normalized spacial score (nSPS) is 26.6. The maximum absolute atomic E-state index is 15.5. The Morgan fingerprint density at radius 3 is 2.31 bits per heavy atom. The molecule has 2 N–H and O–H groups in total. The molecule has 9 rings (SSSR count). The van der Waals surface area contributed by atoms with E-state index in [2.05, 4.69) is 22.5 Å². The fourth-order valence-electron chi connectivity index (χ4n) is 10.7. The van der Waals surface area contributed by atoms with Crippen LogP contribution in [0.2, 0.25) is 10.0 Å². The summed E-state index contributed by atoms with van der Waals surface area (Å²) in [5.41, 5.74) is 5.21. The lowest BCUT2D eigenvalue weighted by molar-refractivity contribution is -0.144. The molecule has 3 heterocycles. The molecule has 4 amide bonds. The van der Waals surface area contributed by atoms with Crippen LogP contribution in [0.15, 0.2) is 109 Å². The van der Waals surface area contributed by atoms with Crippen molar-refractivity contribution in [2.45, 2.75) is 43.7 Å². The van der Waals surface area contributed by atoms with E-state index in [4.69, 9.17) is 32.7 Å². The first-order valence-electron chi connectivity index (χ1n) is 20.7. The standard InChI is InChI=1S/C48H46Cl2N4O7/c1-60-33-13-10-30(11-14-33)48-37(17-8-28-9-19-41(55)42(24-28)61-2)34-15-16-35-43(36(34)26-38(48)45(57)54(47(48)59)51-40-18-12-31(49)25-39(40)50)46(58)53(44(35)56)32-20-22-52(23-21-32)27-29-6-4-3-5-7-29/h3-15,17-19,24-25,32,35-38,43,51,55H,16,20-23,26-27H2,1-2H3/t35-,36+,37-,38-,43-,48-/m0/s1. The monoisotopic (exact) mass is 860 g/mol. The van der Waals surface area contributed by atoms with Crippen molar-refractivity contribution >= 4 is 58.6 Å². The first-order valence-corrected chi connectivity index (χ1v) is 21.4. The van der Waals surface area contributed by atoms with Crippen molar-refractivity contribution in [2.24, 2.45) is 29.6 Å². The predicted octanol–water partition coefficient (Wildman–Crippen LogP) is 7.91. The van der Waals surface area contributed by atoms with Gasteiger partial charge in [-0.1, -0.05) is 95.5 Å². The highest BCUT2D eigenvalue weighted by Gasteiger charge is 2.70. The van der Waals surface area contributed by atoms with Gasteiger partial charge < -0.3 is 14.6 Å². The summed E-state index contributed by atoms with van der Waals surface area (Å²) in [6.45, 7) is 2.33. The van der Waals surface area contributed by atoms with Crippen LogP contribution >= 0.6 is 23.2 Å². The lowest BCUT2D eigenvalue weighted by atomic mass is 9.50. The van der Waals surface area contributed by atoms with E-state index < -0.39 is 46.8 Å². The number of aromatic hydroxyl groups is 1. The van der Waals surface area contributed by atoms with Gasteiger partial charge in [0.15, 0.2) is 11.5 Å². The molecule has 61 heavy (non-hydrogen) atoms. The number of piperidine rings is 1. The third-order valence-electron chi connectivity index (χ3n) is 13.5. The Kier molecular flexibility index (Phi) is 10.9. The van der Waals surface area contributed by atoms with Gasteiger partial charge >= 0.3 is 0 Å². The van der Waals surface area contributed by atoms with E-state index in [-0.39, 0.29) is 40.8 Å². The van der Waals surface area contributed by atoms with Crippen LogP contribution in [0, 0.1) is 29.6 Å². The van der Waals surface area contributed by atoms with Crippen molar-refractivity contribution in [2.75, 3.05) is 32.7 Å². The minimum atomic E-state index is -1.49. The molecular formula is C48H46Cl2N4O7. The van der Waals surface area contributed by atoms with Gasteiger partial charge in [-0.05, 0) is 90.8 Å². The molecule has 0 unspecified atom stereocenters. The van der Waals surface area contributed by atoms with Crippen LogP contribution in [0.3, 0.4) is 0 Å². The zero-order valence-corrected chi connectivity index (χ0v) is 35.3. The van der Waals surface area contributed by atoms with Crippen molar-refractivity contribution in [1.82, 2.24) is 14.8 Å². The Morgan fingerprint density at radius 2 is 1.61 bits per heavy atom. The fourth-order valence-corrected chi connectivity index (χ4v) is 11.1. The molecule has 1 saturated carbocycles. The second kappa shape index (κ2) is 16.3. The number of nitrogens with zero attached hydrogens (tertiary/aromatic N) is 3. The van der Waals surface area contributed by atoms with Gasteiger partial charge in [-0.3, -0.25) is 34.4 Å². The number of fused-ring (bicyclic) bond motifs is 4. The first kappa shape index (κ1) is 40.8. The molecule has 11 nitrogen and oxygen atoms in total. The maximum atomic E-state index is 15.5.